The second kappa shape index (κ2) is 11.1. The van der Waals surface area contributed by atoms with E-state index in [-0.39, 0.29) is 13.2 Å². The van der Waals surface area contributed by atoms with Gasteiger partial charge in [0.2, 0.25) is 0 Å². The Bertz CT molecular complexity index is 1260. The second-order valence-corrected chi connectivity index (χ2v) is 8.94. The fourth-order valence-corrected chi connectivity index (χ4v) is 4.65. The van der Waals surface area contributed by atoms with Gasteiger partial charge in [-0.05, 0) is 37.1 Å². The van der Waals surface area contributed by atoms with Gasteiger partial charge in [0.25, 0.3) is 0 Å². The van der Waals surface area contributed by atoms with Crippen molar-refractivity contribution in [2.45, 2.75) is 40.0 Å². The summed E-state index contributed by atoms with van der Waals surface area (Å²) in [6.45, 7) is 5.23. The molecule has 3 aromatic rings. The molecule has 2 N–H and O–H groups in total. The van der Waals surface area contributed by atoms with E-state index in [9.17, 15) is 9.59 Å². The molecule has 2 amide bonds. The molecule has 2 heterocycles. The number of nitrogens with zero attached hydrogens (tertiary/aromatic N) is 1. The highest BCUT2D eigenvalue weighted by atomic mass is 35.5. The van der Waals surface area contributed by atoms with Crippen LogP contribution in [0.1, 0.15) is 41.8 Å². The van der Waals surface area contributed by atoms with Crippen LogP contribution in [0.2, 0.25) is 10.0 Å². The van der Waals surface area contributed by atoms with Crippen molar-refractivity contribution in [3.63, 3.8) is 0 Å². The molecule has 0 unspecified atom stereocenters. The van der Waals surface area contributed by atoms with Crippen LogP contribution in [0.25, 0.3) is 11.3 Å². The zero-order valence-corrected chi connectivity index (χ0v) is 21.1. The van der Waals surface area contributed by atoms with Crippen molar-refractivity contribution in [2.24, 2.45) is 0 Å². The number of benzene rings is 2. The lowest BCUT2D eigenvalue weighted by molar-refractivity contribution is 0.132. The van der Waals surface area contributed by atoms with Crippen LogP contribution in [0.4, 0.5) is 9.59 Å². The molecule has 1 aliphatic rings. The van der Waals surface area contributed by atoms with E-state index in [1.165, 1.54) is 11.1 Å². The van der Waals surface area contributed by atoms with E-state index in [1.807, 2.05) is 32.0 Å². The Morgan fingerprint density at radius 1 is 0.886 bits per heavy atom. The van der Waals surface area contributed by atoms with Crippen molar-refractivity contribution < 1.29 is 19.1 Å². The molecule has 35 heavy (non-hydrogen) atoms. The molecule has 0 spiro atoms. The predicted molar refractivity (Wildman–Crippen MR) is 136 cm³/mol. The summed E-state index contributed by atoms with van der Waals surface area (Å²) in [6, 6.07) is 13.7. The summed E-state index contributed by atoms with van der Waals surface area (Å²) in [6.07, 6.45) is -0.370. The van der Waals surface area contributed by atoms with Crippen molar-refractivity contribution in [3.05, 3.63) is 80.5 Å². The van der Waals surface area contributed by atoms with Gasteiger partial charge >= 0.3 is 12.2 Å². The van der Waals surface area contributed by atoms with Crippen LogP contribution < -0.4 is 10.6 Å². The van der Waals surface area contributed by atoms with E-state index in [2.05, 4.69) is 27.3 Å². The fourth-order valence-electron chi connectivity index (χ4n) is 4.35. The second-order valence-electron chi connectivity index (χ2n) is 8.13. The molecule has 0 aliphatic carbocycles. The average Bonchev–Trinajstić information content (AvgIpc) is 3.14. The highest BCUT2D eigenvalue weighted by Crippen LogP contribution is 2.39. The molecule has 184 valence electrons. The molecular weight excluding hydrogens is 489 g/mol. The van der Waals surface area contributed by atoms with Gasteiger partial charge in [0, 0.05) is 48.4 Å². The highest BCUT2D eigenvalue weighted by Gasteiger charge is 2.29. The maximum Gasteiger partial charge on any atom is 0.407 e. The Morgan fingerprint density at radius 3 is 2.14 bits per heavy atom. The van der Waals surface area contributed by atoms with Gasteiger partial charge in [-0.1, -0.05) is 53.5 Å². The number of nitrogens with one attached hydrogen (secondary N) is 2. The number of carbonyl (C=O) groups excluding carboxylic acids is 2. The van der Waals surface area contributed by atoms with Crippen molar-refractivity contribution in [1.82, 2.24) is 15.2 Å². The summed E-state index contributed by atoms with van der Waals surface area (Å²) in [4.78, 5) is 24.3. The van der Waals surface area contributed by atoms with Gasteiger partial charge in [-0.2, -0.15) is 0 Å². The number of fused-ring (bicyclic) bond motifs is 2. The molecule has 4 rings (SSSR count). The van der Waals surface area contributed by atoms with Gasteiger partial charge in [-0.15, -0.1) is 0 Å². The number of aromatic nitrogens is 1. The highest BCUT2D eigenvalue weighted by molar-refractivity contribution is 6.42. The molecule has 7 nitrogen and oxygen atoms in total. The summed E-state index contributed by atoms with van der Waals surface area (Å²) in [5.74, 6) is 0. The number of halogens is 2. The van der Waals surface area contributed by atoms with E-state index in [1.54, 1.807) is 12.1 Å². The van der Waals surface area contributed by atoms with Crippen LogP contribution in [0.15, 0.2) is 42.5 Å². The van der Waals surface area contributed by atoms with E-state index >= 15 is 0 Å². The van der Waals surface area contributed by atoms with Crippen LogP contribution in [-0.2, 0) is 35.7 Å². The van der Waals surface area contributed by atoms with Gasteiger partial charge in [0.05, 0.1) is 15.7 Å². The lowest BCUT2D eigenvalue weighted by atomic mass is 9.97. The number of hydrogen-bond acceptors (Lipinski definition) is 4. The van der Waals surface area contributed by atoms with Crippen LogP contribution in [0, 0.1) is 0 Å². The Morgan fingerprint density at radius 2 is 1.51 bits per heavy atom. The van der Waals surface area contributed by atoms with E-state index in [4.69, 9.17) is 32.7 Å². The number of rotatable bonds is 7. The SMILES string of the molecule is CCNC(=O)OCc1c(COC(=O)NCC)c(-c2ccc(Cl)c(Cl)c2)n2c1Cc1ccccc1C2. The zero-order chi connectivity index (χ0) is 24.9. The zero-order valence-electron chi connectivity index (χ0n) is 19.6. The standard InChI is InChI=1S/C26H27Cl2N3O4/c1-3-29-25(32)34-14-19-20(15-35-26(33)30-4-2)24(17-9-10-21(27)22(28)11-17)31-13-18-8-6-5-7-16(18)12-23(19)31/h5-11H,3-4,12-15H2,1-2H3,(H,29,32)(H,30,33). The largest absolute Gasteiger partial charge is 0.445 e. The first-order valence-electron chi connectivity index (χ1n) is 11.5. The lowest BCUT2D eigenvalue weighted by Gasteiger charge is -2.22. The van der Waals surface area contributed by atoms with Crippen molar-refractivity contribution in [1.29, 1.82) is 0 Å². The van der Waals surface area contributed by atoms with Crippen molar-refractivity contribution in [2.75, 3.05) is 13.1 Å². The van der Waals surface area contributed by atoms with Gasteiger partial charge in [0.1, 0.15) is 13.2 Å². The first kappa shape index (κ1) is 24.9. The Hall–Kier alpha value is -3.16. The van der Waals surface area contributed by atoms with Gasteiger partial charge in [-0.3, -0.25) is 0 Å². The Balaban J connectivity index is 1.85. The minimum atomic E-state index is -0.518. The Labute approximate surface area is 214 Å². The van der Waals surface area contributed by atoms with Crippen molar-refractivity contribution in [3.8, 4) is 11.3 Å². The lowest BCUT2D eigenvalue weighted by Crippen LogP contribution is -2.24. The molecule has 0 saturated heterocycles. The maximum absolute atomic E-state index is 12.2. The van der Waals surface area contributed by atoms with Gasteiger partial charge < -0.3 is 24.7 Å². The van der Waals surface area contributed by atoms with Crippen molar-refractivity contribution >= 4 is 35.4 Å². The van der Waals surface area contributed by atoms with Crippen LogP contribution in [0.5, 0.6) is 0 Å². The van der Waals surface area contributed by atoms with E-state index in [0.29, 0.717) is 36.1 Å². The van der Waals surface area contributed by atoms with E-state index in [0.717, 1.165) is 28.1 Å². The summed E-state index contributed by atoms with van der Waals surface area (Å²) >= 11 is 12.6. The number of amides is 2. The number of alkyl carbamates (subject to hydrolysis) is 2. The third kappa shape index (κ3) is 5.41. The molecule has 0 fully saturated rings. The third-order valence-electron chi connectivity index (χ3n) is 5.93. The summed E-state index contributed by atoms with van der Waals surface area (Å²) in [7, 11) is 0. The normalized spacial score (nSPS) is 11.9. The summed E-state index contributed by atoms with van der Waals surface area (Å²) in [5.41, 5.74) is 6.67. The fraction of sp³-hybridized carbons (Fsp3) is 0.308. The number of ether oxygens (including phenoxy) is 2. The molecule has 1 aromatic heterocycles. The van der Waals surface area contributed by atoms with Gasteiger partial charge in [0.15, 0.2) is 0 Å². The molecule has 9 heteroatoms. The minimum absolute atomic E-state index is 0.00580. The molecule has 1 aliphatic heterocycles. The van der Waals surface area contributed by atoms with Crippen LogP contribution in [0.3, 0.4) is 0 Å². The molecule has 0 radical (unpaired) electrons. The predicted octanol–water partition coefficient (Wildman–Crippen LogP) is 5.91. The molecule has 2 aromatic carbocycles. The van der Waals surface area contributed by atoms with Gasteiger partial charge in [-0.25, -0.2) is 9.59 Å². The number of carbonyl (C=O) groups is 2. The molecular formula is C26H27Cl2N3O4. The molecule has 0 bridgehead atoms. The quantitative estimate of drug-likeness (QED) is 0.320. The smallest absolute Gasteiger partial charge is 0.407 e. The minimum Gasteiger partial charge on any atom is -0.445 e. The van der Waals surface area contributed by atoms with Crippen LogP contribution >= 0.6 is 23.2 Å². The average molecular weight is 516 g/mol. The molecule has 0 saturated carbocycles. The topological polar surface area (TPSA) is 81.6 Å². The molecule has 0 atom stereocenters. The Kier molecular flexibility index (Phi) is 7.88. The maximum atomic E-state index is 12.2. The summed E-state index contributed by atoms with van der Waals surface area (Å²) < 4.78 is 13.3. The number of hydrogen-bond donors (Lipinski definition) is 2. The van der Waals surface area contributed by atoms with E-state index < -0.39 is 12.2 Å². The third-order valence-corrected chi connectivity index (χ3v) is 6.67. The first-order valence-corrected chi connectivity index (χ1v) is 12.2. The monoisotopic (exact) mass is 515 g/mol. The first-order chi connectivity index (χ1) is 16.9. The van der Waals surface area contributed by atoms with Crippen LogP contribution in [-0.4, -0.2) is 29.8 Å². The summed E-state index contributed by atoms with van der Waals surface area (Å²) in [5, 5.41) is 6.18.